The highest BCUT2D eigenvalue weighted by molar-refractivity contribution is 6.42. The largest absolute Gasteiger partial charge is 0.507 e. The summed E-state index contributed by atoms with van der Waals surface area (Å²) in [5.41, 5.74) is -0.120. The number of rotatable bonds is 4. The van der Waals surface area contributed by atoms with E-state index >= 15 is 0 Å². The van der Waals surface area contributed by atoms with Gasteiger partial charge in [0.05, 0.1) is 21.7 Å². The highest BCUT2D eigenvalue weighted by Crippen LogP contribution is 2.32. The fraction of sp³-hybridized carbons (Fsp3) is 0.231. The van der Waals surface area contributed by atoms with Crippen LogP contribution in [0, 0.1) is 0 Å². The molecule has 1 aromatic rings. The number of esters is 1. The van der Waals surface area contributed by atoms with Gasteiger partial charge in [-0.3, -0.25) is 4.79 Å². The molecule has 0 saturated heterocycles. The molecular formula is C13H12Cl2O5. The van der Waals surface area contributed by atoms with Crippen LogP contribution in [0.25, 0.3) is 5.76 Å². The van der Waals surface area contributed by atoms with Crippen molar-refractivity contribution in [2.75, 3.05) is 0 Å². The molecule has 5 nitrogen and oxygen atoms in total. The SMILES string of the molecule is CC(C)OC(=O)C(=O)/C=C(\O)c1cc(Cl)c(Cl)cc1O. The lowest BCUT2D eigenvalue weighted by Gasteiger charge is -2.07. The average molecular weight is 319 g/mol. The molecule has 20 heavy (non-hydrogen) atoms. The number of carbonyl (C=O) groups is 2. The molecule has 0 heterocycles. The molecule has 7 heteroatoms. The van der Waals surface area contributed by atoms with Gasteiger partial charge in [0, 0.05) is 12.1 Å². The number of halogens is 2. The molecule has 0 saturated carbocycles. The molecule has 0 amide bonds. The van der Waals surface area contributed by atoms with Crippen LogP contribution in [0.2, 0.25) is 10.0 Å². The fourth-order valence-electron chi connectivity index (χ4n) is 1.27. The van der Waals surface area contributed by atoms with E-state index in [1.165, 1.54) is 6.07 Å². The molecule has 1 rings (SSSR count). The third kappa shape index (κ3) is 4.15. The van der Waals surface area contributed by atoms with Gasteiger partial charge in [0.25, 0.3) is 5.78 Å². The topological polar surface area (TPSA) is 83.8 Å². The summed E-state index contributed by atoms with van der Waals surface area (Å²) in [4.78, 5) is 22.8. The predicted molar refractivity (Wildman–Crippen MR) is 75.0 cm³/mol. The summed E-state index contributed by atoms with van der Waals surface area (Å²) in [6.45, 7) is 3.17. The summed E-state index contributed by atoms with van der Waals surface area (Å²) in [6, 6.07) is 2.28. The van der Waals surface area contributed by atoms with Gasteiger partial charge in [-0.05, 0) is 19.9 Å². The van der Waals surface area contributed by atoms with Crippen LogP contribution in [-0.2, 0) is 14.3 Å². The summed E-state index contributed by atoms with van der Waals surface area (Å²) in [5, 5.41) is 19.5. The number of carbonyl (C=O) groups excluding carboxylic acids is 2. The van der Waals surface area contributed by atoms with Gasteiger partial charge in [-0.25, -0.2) is 4.79 Å². The Morgan fingerprint density at radius 3 is 2.35 bits per heavy atom. The van der Waals surface area contributed by atoms with Crippen LogP contribution in [0.15, 0.2) is 18.2 Å². The van der Waals surface area contributed by atoms with Gasteiger partial charge in [-0.1, -0.05) is 23.2 Å². The van der Waals surface area contributed by atoms with E-state index in [0.717, 1.165) is 6.07 Å². The lowest BCUT2D eigenvalue weighted by atomic mass is 10.1. The average Bonchev–Trinajstić information content (AvgIpc) is 2.32. The molecule has 0 aromatic heterocycles. The Balaban J connectivity index is 3.03. The first kappa shape index (κ1) is 16.3. The first-order valence-corrected chi connectivity index (χ1v) is 6.32. The number of phenolic OH excluding ortho intramolecular Hbond substituents is 1. The van der Waals surface area contributed by atoms with Gasteiger partial charge >= 0.3 is 5.97 Å². The Labute approximate surface area is 125 Å². The number of hydrogen-bond donors (Lipinski definition) is 2. The Bertz CT molecular complexity index is 578. The zero-order valence-corrected chi connectivity index (χ0v) is 12.2. The van der Waals surface area contributed by atoms with Crippen LogP contribution >= 0.6 is 23.2 Å². The first-order valence-electron chi connectivity index (χ1n) is 5.56. The number of aliphatic hydroxyl groups excluding tert-OH is 1. The van der Waals surface area contributed by atoms with Crippen molar-refractivity contribution in [1.29, 1.82) is 0 Å². The van der Waals surface area contributed by atoms with E-state index in [2.05, 4.69) is 4.74 Å². The Kier molecular flexibility index (Phi) is 5.42. The Morgan fingerprint density at radius 1 is 1.25 bits per heavy atom. The zero-order chi connectivity index (χ0) is 15.4. The molecule has 0 aliphatic carbocycles. The molecule has 0 fully saturated rings. The molecular weight excluding hydrogens is 307 g/mol. The van der Waals surface area contributed by atoms with Gasteiger partial charge in [-0.2, -0.15) is 0 Å². The lowest BCUT2D eigenvalue weighted by Crippen LogP contribution is -2.19. The van der Waals surface area contributed by atoms with E-state index < -0.39 is 23.6 Å². The summed E-state index contributed by atoms with van der Waals surface area (Å²) < 4.78 is 4.67. The second kappa shape index (κ2) is 6.63. The van der Waals surface area contributed by atoms with Crippen LogP contribution in [0.4, 0.5) is 0 Å². The van der Waals surface area contributed by atoms with Gasteiger partial charge in [-0.15, -0.1) is 0 Å². The molecule has 0 atom stereocenters. The Morgan fingerprint density at radius 2 is 1.80 bits per heavy atom. The van der Waals surface area contributed by atoms with E-state index in [9.17, 15) is 19.8 Å². The maximum atomic E-state index is 11.5. The van der Waals surface area contributed by atoms with Crippen molar-refractivity contribution in [2.45, 2.75) is 20.0 Å². The summed E-state index contributed by atoms with van der Waals surface area (Å²) in [7, 11) is 0. The number of ether oxygens (including phenoxy) is 1. The van der Waals surface area contributed by atoms with Crippen molar-refractivity contribution in [3.63, 3.8) is 0 Å². The van der Waals surface area contributed by atoms with E-state index in [0.29, 0.717) is 6.08 Å². The van der Waals surface area contributed by atoms with Crippen molar-refractivity contribution < 1.29 is 24.5 Å². The minimum absolute atomic E-state index is 0.0802. The number of ketones is 1. The minimum atomic E-state index is -1.11. The van der Waals surface area contributed by atoms with E-state index in [-0.39, 0.29) is 21.4 Å². The summed E-state index contributed by atoms with van der Waals surface area (Å²) in [6.07, 6.45) is 0.185. The second-order valence-corrected chi connectivity index (χ2v) is 4.95. The maximum Gasteiger partial charge on any atom is 0.379 e. The van der Waals surface area contributed by atoms with Gasteiger partial charge in [0.1, 0.15) is 11.5 Å². The molecule has 0 aliphatic heterocycles. The van der Waals surface area contributed by atoms with Crippen molar-refractivity contribution in [1.82, 2.24) is 0 Å². The number of benzene rings is 1. The molecule has 108 valence electrons. The molecule has 0 aliphatic rings. The zero-order valence-electron chi connectivity index (χ0n) is 10.7. The van der Waals surface area contributed by atoms with Crippen molar-refractivity contribution in [3.8, 4) is 5.75 Å². The molecule has 0 spiro atoms. The number of aromatic hydroxyl groups is 1. The summed E-state index contributed by atoms with van der Waals surface area (Å²) in [5.74, 6) is -3.15. The lowest BCUT2D eigenvalue weighted by molar-refractivity contribution is -0.154. The second-order valence-electron chi connectivity index (χ2n) is 4.13. The molecule has 0 unspecified atom stereocenters. The number of aliphatic hydroxyl groups is 1. The van der Waals surface area contributed by atoms with Crippen molar-refractivity contribution in [2.24, 2.45) is 0 Å². The molecule has 1 aromatic carbocycles. The monoisotopic (exact) mass is 318 g/mol. The number of phenols is 1. The van der Waals surface area contributed by atoms with Crippen molar-refractivity contribution >= 4 is 40.7 Å². The standard InChI is InChI=1S/C13H12Cl2O5/c1-6(2)20-13(19)12(18)5-11(17)7-3-8(14)9(15)4-10(7)16/h3-6,16-17H,1-2H3/b11-5-. The smallest absolute Gasteiger partial charge is 0.379 e. The summed E-state index contributed by atoms with van der Waals surface area (Å²) >= 11 is 11.4. The minimum Gasteiger partial charge on any atom is -0.507 e. The van der Waals surface area contributed by atoms with E-state index in [4.69, 9.17) is 23.2 Å². The Hall–Kier alpha value is -1.72. The van der Waals surface area contributed by atoms with Crippen LogP contribution in [-0.4, -0.2) is 28.1 Å². The van der Waals surface area contributed by atoms with Gasteiger partial charge in [0.2, 0.25) is 0 Å². The maximum absolute atomic E-state index is 11.5. The van der Waals surface area contributed by atoms with E-state index in [1.54, 1.807) is 13.8 Å². The van der Waals surface area contributed by atoms with Crippen LogP contribution in [0.3, 0.4) is 0 Å². The highest BCUT2D eigenvalue weighted by atomic mass is 35.5. The van der Waals surface area contributed by atoms with E-state index in [1.807, 2.05) is 0 Å². The quantitative estimate of drug-likeness (QED) is 0.385. The predicted octanol–water partition coefficient (Wildman–Crippen LogP) is 3.12. The highest BCUT2D eigenvalue weighted by Gasteiger charge is 2.17. The first-order chi connectivity index (χ1) is 9.22. The van der Waals surface area contributed by atoms with Crippen LogP contribution in [0.5, 0.6) is 5.75 Å². The molecule has 0 bridgehead atoms. The third-order valence-electron chi connectivity index (χ3n) is 2.13. The molecule has 0 radical (unpaired) electrons. The van der Waals surface area contributed by atoms with Crippen LogP contribution in [0.1, 0.15) is 19.4 Å². The van der Waals surface area contributed by atoms with Gasteiger partial charge in [0.15, 0.2) is 0 Å². The molecule has 2 N–H and O–H groups in total. The van der Waals surface area contributed by atoms with Crippen LogP contribution < -0.4 is 0 Å². The fourth-order valence-corrected chi connectivity index (χ4v) is 1.60. The van der Waals surface area contributed by atoms with Gasteiger partial charge < -0.3 is 14.9 Å². The third-order valence-corrected chi connectivity index (χ3v) is 2.85. The van der Waals surface area contributed by atoms with Crippen molar-refractivity contribution in [3.05, 3.63) is 33.8 Å². The normalized spacial score (nSPS) is 11.6. The number of hydrogen-bond acceptors (Lipinski definition) is 5.